The van der Waals surface area contributed by atoms with Crippen molar-refractivity contribution in [2.75, 3.05) is 13.1 Å². The Bertz CT molecular complexity index is 858. The lowest BCUT2D eigenvalue weighted by molar-refractivity contribution is 0.0791. The predicted octanol–water partition coefficient (Wildman–Crippen LogP) is 0.305. The molecule has 23 heavy (non-hydrogen) atoms. The third-order valence-corrected chi connectivity index (χ3v) is 4.06. The van der Waals surface area contributed by atoms with E-state index in [2.05, 4.69) is 4.98 Å². The van der Waals surface area contributed by atoms with Gasteiger partial charge in [-0.2, -0.15) is 0 Å². The quantitative estimate of drug-likeness (QED) is 0.822. The van der Waals surface area contributed by atoms with Gasteiger partial charge in [0.25, 0.3) is 11.5 Å². The van der Waals surface area contributed by atoms with Crippen LogP contribution in [0.2, 0.25) is 0 Å². The van der Waals surface area contributed by atoms with Crippen molar-refractivity contribution in [1.82, 2.24) is 14.5 Å². The number of aromatic amines is 1. The van der Waals surface area contributed by atoms with E-state index in [9.17, 15) is 14.4 Å². The van der Waals surface area contributed by atoms with Crippen LogP contribution in [-0.2, 0) is 6.54 Å². The molecular weight excluding hydrogens is 320 g/mol. The van der Waals surface area contributed by atoms with Crippen LogP contribution in [0.15, 0.2) is 27.8 Å². The van der Waals surface area contributed by atoms with Crippen LogP contribution in [0.25, 0.3) is 10.9 Å². The molecule has 3 N–H and O–H groups in total. The van der Waals surface area contributed by atoms with Gasteiger partial charge in [-0.15, -0.1) is 12.4 Å². The van der Waals surface area contributed by atoms with Crippen molar-refractivity contribution < 1.29 is 4.79 Å². The molecule has 3 rings (SSSR count). The number of H-pyrrole nitrogens is 1. The van der Waals surface area contributed by atoms with Crippen LogP contribution >= 0.6 is 12.4 Å². The van der Waals surface area contributed by atoms with Gasteiger partial charge in [0.1, 0.15) is 0 Å². The van der Waals surface area contributed by atoms with Crippen LogP contribution in [0.1, 0.15) is 23.7 Å². The Kier molecular flexibility index (Phi) is 4.91. The smallest absolute Gasteiger partial charge is 0.328 e. The Labute approximate surface area is 138 Å². The van der Waals surface area contributed by atoms with E-state index in [-0.39, 0.29) is 29.9 Å². The summed E-state index contributed by atoms with van der Waals surface area (Å²) in [6, 6.07) is 4.78. The molecule has 2 heterocycles. The number of benzene rings is 1. The fraction of sp³-hybridized carbons (Fsp3) is 0.400. The van der Waals surface area contributed by atoms with E-state index < -0.39 is 5.69 Å². The number of aromatic nitrogens is 2. The van der Waals surface area contributed by atoms with E-state index in [0.717, 1.165) is 11.0 Å². The molecule has 0 bridgehead atoms. The van der Waals surface area contributed by atoms with Gasteiger partial charge in [-0.25, -0.2) is 4.79 Å². The van der Waals surface area contributed by atoms with Gasteiger partial charge in [0.15, 0.2) is 0 Å². The van der Waals surface area contributed by atoms with Crippen LogP contribution in [0, 0.1) is 0 Å². The molecule has 1 saturated heterocycles. The summed E-state index contributed by atoms with van der Waals surface area (Å²) in [7, 11) is 0. The maximum Gasteiger partial charge on any atom is 0.328 e. The fourth-order valence-corrected chi connectivity index (χ4v) is 2.83. The number of rotatable bonds is 2. The van der Waals surface area contributed by atoms with Gasteiger partial charge in [0, 0.05) is 31.2 Å². The first kappa shape index (κ1) is 17.2. The number of fused-ring (bicyclic) bond motifs is 1. The number of carbonyl (C=O) groups is 1. The number of nitrogens with two attached hydrogens (primary N) is 1. The molecule has 0 aliphatic carbocycles. The van der Waals surface area contributed by atoms with Crippen molar-refractivity contribution in [3.63, 3.8) is 0 Å². The van der Waals surface area contributed by atoms with Crippen molar-refractivity contribution in [3.05, 3.63) is 44.6 Å². The molecule has 0 spiro atoms. The van der Waals surface area contributed by atoms with Crippen molar-refractivity contribution in [2.24, 2.45) is 5.73 Å². The van der Waals surface area contributed by atoms with E-state index in [0.29, 0.717) is 36.1 Å². The SMILES string of the molecule is CCn1c(=O)[nH]c2cc(C(=O)N3CC[C@@H](N)C3)ccc2c1=O.Cl. The number of nitrogens with one attached hydrogen (secondary N) is 1. The number of amides is 1. The summed E-state index contributed by atoms with van der Waals surface area (Å²) in [5.74, 6) is -0.129. The molecular formula is C15H19ClN4O3. The molecule has 7 nitrogen and oxygen atoms in total. The molecule has 1 fully saturated rings. The van der Waals surface area contributed by atoms with Gasteiger partial charge < -0.3 is 15.6 Å². The summed E-state index contributed by atoms with van der Waals surface area (Å²) in [5.41, 5.74) is 5.84. The zero-order valence-corrected chi connectivity index (χ0v) is 13.6. The number of likely N-dealkylation sites (tertiary alicyclic amines) is 1. The van der Waals surface area contributed by atoms with Gasteiger partial charge in [-0.05, 0) is 31.5 Å². The second kappa shape index (κ2) is 6.55. The summed E-state index contributed by atoms with van der Waals surface area (Å²) in [6.45, 7) is 3.20. The Morgan fingerprint density at radius 2 is 2.13 bits per heavy atom. The van der Waals surface area contributed by atoms with Gasteiger partial charge in [-0.3, -0.25) is 14.2 Å². The fourth-order valence-electron chi connectivity index (χ4n) is 2.83. The number of carbonyl (C=O) groups excluding carboxylic acids is 1. The summed E-state index contributed by atoms with van der Waals surface area (Å²) < 4.78 is 1.13. The summed E-state index contributed by atoms with van der Waals surface area (Å²) >= 11 is 0. The van der Waals surface area contributed by atoms with Crippen LogP contribution in [0.4, 0.5) is 0 Å². The van der Waals surface area contributed by atoms with Crippen molar-refractivity contribution in [2.45, 2.75) is 25.9 Å². The van der Waals surface area contributed by atoms with Crippen molar-refractivity contribution in [1.29, 1.82) is 0 Å². The summed E-state index contributed by atoms with van der Waals surface area (Å²) in [5, 5.41) is 0.399. The summed E-state index contributed by atoms with van der Waals surface area (Å²) in [4.78, 5) is 40.8. The average Bonchev–Trinajstić information content (AvgIpc) is 2.93. The van der Waals surface area contributed by atoms with Crippen LogP contribution in [0.5, 0.6) is 0 Å². The third-order valence-electron chi connectivity index (χ3n) is 4.06. The van der Waals surface area contributed by atoms with E-state index >= 15 is 0 Å². The highest BCUT2D eigenvalue weighted by molar-refractivity contribution is 5.97. The van der Waals surface area contributed by atoms with Gasteiger partial charge in [0.05, 0.1) is 10.9 Å². The standard InChI is InChI=1S/C15H18N4O3.ClH/c1-2-19-14(21)11-4-3-9(7-12(11)17-15(19)22)13(20)18-6-5-10(16)8-18;/h3-4,7,10H,2,5-6,8,16H2,1H3,(H,17,22);1H/t10-;/m1./s1. The molecule has 2 aromatic rings. The van der Waals surface area contributed by atoms with E-state index in [1.165, 1.54) is 0 Å². The number of hydrogen-bond donors (Lipinski definition) is 2. The zero-order chi connectivity index (χ0) is 15.9. The summed E-state index contributed by atoms with van der Waals surface area (Å²) in [6.07, 6.45) is 0.789. The molecule has 1 amide bonds. The highest BCUT2D eigenvalue weighted by atomic mass is 35.5. The van der Waals surface area contributed by atoms with Crippen LogP contribution < -0.4 is 17.0 Å². The molecule has 8 heteroatoms. The van der Waals surface area contributed by atoms with Crippen molar-refractivity contribution >= 4 is 29.2 Å². The normalized spacial score (nSPS) is 17.3. The van der Waals surface area contributed by atoms with E-state index in [1.54, 1.807) is 30.0 Å². The Morgan fingerprint density at radius 3 is 2.74 bits per heavy atom. The Morgan fingerprint density at radius 1 is 1.39 bits per heavy atom. The Balaban J connectivity index is 0.00000192. The van der Waals surface area contributed by atoms with Crippen LogP contribution in [-0.4, -0.2) is 39.5 Å². The first-order valence-electron chi connectivity index (χ1n) is 7.33. The molecule has 1 aliphatic heterocycles. The lowest BCUT2D eigenvalue weighted by Gasteiger charge is -2.16. The maximum absolute atomic E-state index is 12.4. The lowest BCUT2D eigenvalue weighted by atomic mass is 10.1. The molecule has 1 aromatic carbocycles. The number of nitrogens with zero attached hydrogens (tertiary/aromatic N) is 2. The minimum atomic E-state index is -0.465. The van der Waals surface area contributed by atoms with Gasteiger partial charge in [-0.1, -0.05) is 0 Å². The monoisotopic (exact) mass is 338 g/mol. The number of hydrogen-bond acceptors (Lipinski definition) is 4. The number of halogens is 1. The predicted molar refractivity (Wildman–Crippen MR) is 90.2 cm³/mol. The maximum atomic E-state index is 12.4. The molecule has 1 atom stereocenters. The second-order valence-electron chi connectivity index (χ2n) is 5.54. The topological polar surface area (TPSA) is 101 Å². The molecule has 0 unspecified atom stereocenters. The second-order valence-corrected chi connectivity index (χ2v) is 5.54. The zero-order valence-electron chi connectivity index (χ0n) is 12.7. The minimum absolute atomic E-state index is 0. The molecule has 0 saturated carbocycles. The molecule has 1 aromatic heterocycles. The highest BCUT2D eigenvalue weighted by Crippen LogP contribution is 2.15. The van der Waals surface area contributed by atoms with Gasteiger partial charge in [0.2, 0.25) is 0 Å². The molecule has 1 aliphatic rings. The third kappa shape index (κ3) is 3.02. The van der Waals surface area contributed by atoms with E-state index in [4.69, 9.17) is 5.73 Å². The minimum Gasteiger partial charge on any atom is -0.337 e. The lowest BCUT2D eigenvalue weighted by Crippen LogP contribution is -2.34. The average molecular weight is 339 g/mol. The largest absolute Gasteiger partial charge is 0.337 e. The molecule has 0 radical (unpaired) electrons. The van der Waals surface area contributed by atoms with Crippen molar-refractivity contribution in [3.8, 4) is 0 Å². The molecule has 124 valence electrons. The first-order chi connectivity index (χ1) is 10.5. The first-order valence-corrected chi connectivity index (χ1v) is 7.33. The highest BCUT2D eigenvalue weighted by Gasteiger charge is 2.24. The van der Waals surface area contributed by atoms with Crippen LogP contribution in [0.3, 0.4) is 0 Å². The van der Waals surface area contributed by atoms with Gasteiger partial charge >= 0.3 is 5.69 Å². The Hall–Kier alpha value is -2.12. The van der Waals surface area contributed by atoms with E-state index in [1.807, 2.05) is 0 Å².